The van der Waals surface area contributed by atoms with Crippen molar-refractivity contribution in [1.29, 1.82) is 0 Å². The first-order chi connectivity index (χ1) is 9.61. The van der Waals surface area contributed by atoms with Crippen LogP contribution in [0.5, 0.6) is 0 Å². The molecule has 20 heavy (non-hydrogen) atoms. The lowest BCUT2D eigenvalue weighted by atomic mass is 9.80. The monoisotopic (exact) mass is 342 g/mol. The summed E-state index contributed by atoms with van der Waals surface area (Å²) in [6.07, 6.45) is 5.47. The van der Waals surface area contributed by atoms with Gasteiger partial charge in [-0.2, -0.15) is 0 Å². The van der Waals surface area contributed by atoms with Gasteiger partial charge in [-0.05, 0) is 53.6 Å². The molecule has 4 heteroatoms. The second-order valence-electron chi connectivity index (χ2n) is 6.08. The quantitative estimate of drug-likeness (QED) is 0.865. The number of ether oxygens (including phenoxy) is 1. The van der Waals surface area contributed by atoms with Crippen molar-refractivity contribution in [2.75, 3.05) is 6.61 Å². The third-order valence-corrected chi connectivity index (χ3v) is 5.40. The van der Waals surface area contributed by atoms with Crippen molar-refractivity contribution in [3.63, 3.8) is 0 Å². The molecule has 1 N–H and O–H groups in total. The van der Waals surface area contributed by atoms with Crippen LogP contribution in [0.4, 0.5) is 4.39 Å². The van der Waals surface area contributed by atoms with Crippen LogP contribution < -0.4 is 0 Å². The summed E-state index contributed by atoms with van der Waals surface area (Å²) in [6, 6.07) is 5.12. The molecule has 1 saturated carbocycles. The van der Waals surface area contributed by atoms with Crippen LogP contribution in [0.3, 0.4) is 0 Å². The van der Waals surface area contributed by atoms with Crippen LogP contribution in [-0.2, 0) is 4.74 Å². The highest BCUT2D eigenvalue weighted by molar-refractivity contribution is 9.10. The fourth-order valence-electron chi connectivity index (χ4n) is 3.71. The first-order valence-electron chi connectivity index (χ1n) is 7.37. The standard InChI is InChI=1S/C16H20BrFO2/c17-13-5-3-4-12(14(13)18)15(19)11-6-9-20-16(10-11)7-1-2-8-16/h3-5,11,15,19H,1-2,6-10H2. The first kappa shape index (κ1) is 14.5. The van der Waals surface area contributed by atoms with Gasteiger partial charge in [0.25, 0.3) is 0 Å². The Morgan fingerprint density at radius 1 is 1.35 bits per heavy atom. The van der Waals surface area contributed by atoms with Crippen molar-refractivity contribution >= 4 is 15.9 Å². The van der Waals surface area contributed by atoms with Gasteiger partial charge in [-0.3, -0.25) is 0 Å². The second kappa shape index (κ2) is 5.74. The molecule has 1 aromatic rings. The lowest BCUT2D eigenvalue weighted by Crippen LogP contribution is -2.39. The lowest BCUT2D eigenvalue weighted by Gasteiger charge is -2.40. The van der Waals surface area contributed by atoms with Gasteiger partial charge in [0, 0.05) is 12.2 Å². The van der Waals surface area contributed by atoms with Gasteiger partial charge >= 0.3 is 0 Å². The van der Waals surface area contributed by atoms with Crippen molar-refractivity contribution < 1.29 is 14.2 Å². The zero-order valence-electron chi connectivity index (χ0n) is 11.4. The van der Waals surface area contributed by atoms with Crippen LogP contribution in [-0.4, -0.2) is 17.3 Å². The van der Waals surface area contributed by atoms with E-state index in [1.807, 2.05) is 0 Å². The molecule has 2 unspecified atom stereocenters. The van der Waals surface area contributed by atoms with Crippen LogP contribution in [0.25, 0.3) is 0 Å². The van der Waals surface area contributed by atoms with E-state index in [0.717, 1.165) is 25.7 Å². The van der Waals surface area contributed by atoms with Gasteiger partial charge in [0.05, 0.1) is 16.2 Å². The van der Waals surface area contributed by atoms with E-state index in [1.165, 1.54) is 12.8 Å². The maximum atomic E-state index is 14.1. The largest absolute Gasteiger partial charge is 0.388 e. The molecular formula is C16H20BrFO2. The van der Waals surface area contributed by atoms with Crippen molar-refractivity contribution in [1.82, 2.24) is 0 Å². The molecule has 2 fully saturated rings. The third-order valence-electron chi connectivity index (χ3n) is 4.79. The summed E-state index contributed by atoms with van der Waals surface area (Å²) in [4.78, 5) is 0. The van der Waals surface area contributed by atoms with Crippen LogP contribution in [0.15, 0.2) is 22.7 Å². The number of hydrogen-bond donors (Lipinski definition) is 1. The average Bonchev–Trinajstić information content (AvgIpc) is 2.89. The third kappa shape index (κ3) is 2.66. The predicted molar refractivity (Wildman–Crippen MR) is 78.9 cm³/mol. The molecule has 3 rings (SSSR count). The van der Waals surface area contributed by atoms with Crippen LogP contribution in [0.2, 0.25) is 0 Å². The Morgan fingerprint density at radius 3 is 2.85 bits per heavy atom. The van der Waals surface area contributed by atoms with Gasteiger partial charge in [-0.1, -0.05) is 25.0 Å². The average molecular weight is 343 g/mol. The summed E-state index contributed by atoms with van der Waals surface area (Å²) >= 11 is 3.19. The fraction of sp³-hybridized carbons (Fsp3) is 0.625. The summed E-state index contributed by atoms with van der Waals surface area (Å²) < 4.78 is 20.5. The lowest BCUT2D eigenvalue weighted by molar-refractivity contribution is -0.113. The molecule has 1 saturated heterocycles. The molecule has 110 valence electrons. The van der Waals surface area contributed by atoms with Crippen molar-refractivity contribution in [2.24, 2.45) is 5.92 Å². The van der Waals surface area contributed by atoms with E-state index in [1.54, 1.807) is 18.2 Å². The molecule has 1 heterocycles. The molecule has 1 spiro atoms. The Balaban J connectivity index is 1.79. The maximum absolute atomic E-state index is 14.1. The SMILES string of the molecule is OC(c1cccc(Br)c1F)C1CCOC2(CCCC2)C1. The van der Waals surface area contributed by atoms with Gasteiger partial charge in [-0.25, -0.2) is 4.39 Å². The number of aliphatic hydroxyl groups is 1. The Hall–Kier alpha value is -0.450. The van der Waals surface area contributed by atoms with E-state index >= 15 is 0 Å². The van der Waals surface area contributed by atoms with Gasteiger partial charge in [0.15, 0.2) is 0 Å². The molecule has 0 aromatic heterocycles. The van der Waals surface area contributed by atoms with E-state index in [-0.39, 0.29) is 17.3 Å². The Kier molecular flexibility index (Phi) is 4.16. The predicted octanol–water partition coefficient (Wildman–Crippen LogP) is 4.36. The topological polar surface area (TPSA) is 29.5 Å². The highest BCUT2D eigenvalue weighted by Gasteiger charge is 2.42. The minimum absolute atomic E-state index is 0.0492. The number of benzene rings is 1. The first-order valence-corrected chi connectivity index (χ1v) is 8.17. The summed E-state index contributed by atoms with van der Waals surface area (Å²) in [7, 11) is 0. The van der Waals surface area contributed by atoms with E-state index in [9.17, 15) is 9.50 Å². The van der Waals surface area contributed by atoms with E-state index in [0.29, 0.717) is 16.6 Å². The Morgan fingerprint density at radius 2 is 2.10 bits per heavy atom. The van der Waals surface area contributed by atoms with Gasteiger partial charge < -0.3 is 9.84 Å². The van der Waals surface area contributed by atoms with Crippen molar-refractivity contribution in [2.45, 2.75) is 50.2 Å². The van der Waals surface area contributed by atoms with Crippen molar-refractivity contribution in [3.8, 4) is 0 Å². The number of rotatable bonds is 2. The van der Waals surface area contributed by atoms with Crippen LogP contribution in [0.1, 0.15) is 50.2 Å². The normalized spacial score (nSPS) is 26.9. The van der Waals surface area contributed by atoms with E-state index in [2.05, 4.69) is 15.9 Å². The highest BCUT2D eigenvalue weighted by atomic mass is 79.9. The zero-order valence-corrected chi connectivity index (χ0v) is 13.0. The van der Waals surface area contributed by atoms with Crippen LogP contribution in [0, 0.1) is 11.7 Å². The highest BCUT2D eigenvalue weighted by Crippen LogP contribution is 2.45. The van der Waals surface area contributed by atoms with E-state index in [4.69, 9.17) is 4.74 Å². The Bertz CT molecular complexity index is 485. The molecule has 2 aliphatic rings. The molecule has 1 aromatic carbocycles. The molecule has 0 radical (unpaired) electrons. The molecule has 0 amide bonds. The summed E-state index contributed by atoms with van der Waals surface area (Å²) in [5.74, 6) is -0.252. The minimum atomic E-state index is -0.742. The number of halogens is 2. The summed E-state index contributed by atoms with van der Waals surface area (Å²) in [5, 5.41) is 10.6. The van der Waals surface area contributed by atoms with Crippen LogP contribution >= 0.6 is 15.9 Å². The smallest absolute Gasteiger partial charge is 0.143 e. The molecule has 1 aliphatic heterocycles. The molecular weight excluding hydrogens is 323 g/mol. The minimum Gasteiger partial charge on any atom is -0.388 e. The number of hydrogen-bond acceptors (Lipinski definition) is 2. The van der Waals surface area contributed by atoms with Gasteiger partial charge in [-0.15, -0.1) is 0 Å². The number of aliphatic hydroxyl groups excluding tert-OH is 1. The summed E-state index contributed by atoms with van der Waals surface area (Å²) in [5.41, 5.74) is 0.353. The summed E-state index contributed by atoms with van der Waals surface area (Å²) in [6.45, 7) is 0.678. The fourth-order valence-corrected chi connectivity index (χ4v) is 4.09. The van der Waals surface area contributed by atoms with Crippen molar-refractivity contribution in [3.05, 3.63) is 34.1 Å². The van der Waals surface area contributed by atoms with Gasteiger partial charge in [0.1, 0.15) is 5.82 Å². The molecule has 2 atom stereocenters. The molecule has 2 nitrogen and oxygen atoms in total. The van der Waals surface area contributed by atoms with Gasteiger partial charge in [0.2, 0.25) is 0 Å². The molecule has 1 aliphatic carbocycles. The Labute approximate surface area is 127 Å². The van der Waals surface area contributed by atoms with E-state index < -0.39 is 6.10 Å². The maximum Gasteiger partial charge on any atom is 0.143 e. The molecule has 0 bridgehead atoms. The zero-order chi connectivity index (χ0) is 14.2. The second-order valence-corrected chi connectivity index (χ2v) is 6.93.